The Balaban J connectivity index is 2.86. The summed E-state index contributed by atoms with van der Waals surface area (Å²) in [5.74, 6) is 0. The number of hydrogen-bond acceptors (Lipinski definition) is 5. The molecule has 0 aliphatic rings. The van der Waals surface area contributed by atoms with Crippen LogP contribution in [-0.2, 0) is 4.74 Å². The van der Waals surface area contributed by atoms with Gasteiger partial charge in [0.05, 0.1) is 22.8 Å². The normalized spacial score (nSPS) is 9.50. The first kappa shape index (κ1) is 11.9. The molecule has 0 atom stereocenters. The smallest absolute Gasteiger partial charge is 0.270 e. The Morgan fingerprint density at radius 2 is 2.38 bits per heavy atom. The first-order valence-corrected chi connectivity index (χ1v) is 4.60. The molecule has 1 aromatic carbocycles. The summed E-state index contributed by atoms with van der Waals surface area (Å²) >= 11 is 0. The fraction of sp³-hybridized carbons (Fsp3) is 0.300. The SMILES string of the molecule is COCCNc1ccc([N+](=O)[O-])cc1C#N. The van der Waals surface area contributed by atoms with Crippen molar-refractivity contribution in [1.29, 1.82) is 5.26 Å². The Morgan fingerprint density at radius 1 is 1.62 bits per heavy atom. The minimum Gasteiger partial charge on any atom is -0.383 e. The van der Waals surface area contributed by atoms with Crippen LogP contribution >= 0.6 is 0 Å². The van der Waals surface area contributed by atoms with Crippen molar-refractivity contribution in [3.05, 3.63) is 33.9 Å². The van der Waals surface area contributed by atoms with E-state index < -0.39 is 4.92 Å². The van der Waals surface area contributed by atoms with Gasteiger partial charge >= 0.3 is 0 Å². The van der Waals surface area contributed by atoms with Crippen molar-refractivity contribution < 1.29 is 9.66 Å². The highest BCUT2D eigenvalue weighted by molar-refractivity contribution is 5.61. The molecule has 0 fully saturated rings. The van der Waals surface area contributed by atoms with Crippen LogP contribution in [0.25, 0.3) is 0 Å². The maximum Gasteiger partial charge on any atom is 0.270 e. The number of anilines is 1. The van der Waals surface area contributed by atoms with E-state index in [0.717, 1.165) is 0 Å². The fourth-order valence-corrected chi connectivity index (χ4v) is 1.18. The summed E-state index contributed by atoms with van der Waals surface area (Å²) in [5.41, 5.74) is 0.740. The molecule has 0 saturated heterocycles. The molecule has 6 nitrogen and oxygen atoms in total. The van der Waals surface area contributed by atoms with Crippen molar-refractivity contribution >= 4 is 11.4 Å². The highest BCUT2D eigenvalue weighted by Crippen LogP contribution is 2.20. The summed E-state index contributed by atoms with van der Waals surface area (Å²) in [7, 11) is 1.57. The molecule has 1 aromatic rings. The Morgan fingerprint density at radius 3 is 2.94 bits per heavy atom. The number of nitro benzene ring substituents is 1. The van der Waals surface area contributed by atoms with Gasteiger partial charge in [-0.15, -0.1) is 0 Å². The number of benzene rings is 1. The second-order valence-electron chi connectivity index (χ2n) is 3.02. The van der Waals surface area contributed by atoms with Gasteiger partial charge in [0.1, 0.15) is 6.07 Å². The fourth-order valence-electron chi connectivity index (χ4n) is 1.18. The number of non-ortho nitro benzene ring substituents is 1. The lowest BCUT2D eigenvalue weighted by atomic mass is 10.1. The van der Waals surface area contributed by atoms with Crippen LogP contribution in [0.2, 0.25) is 0 Å². The Labute approximate surface area is 92.6 Å². The van der Waals surface area contributed by atoms with Crippen LogP contribution in [0.3, 0.4) is 0 Å². The van der Waals surface area contributed by atoms with E-state index >= 15 is 0 Å². The molecular formula is C10H11N3O3. The zero-order valence-electron chi connectivity index (χ0n) is 8.77. The zero-order chi connectivity index (χ0) is 12.0. The van der Waals surface area contributed by atoms with Crippen molar-refractivity contribution in [3.8, 4) is 6.07 Å². The molecule has 0 amide bonds. The van der Waals surface area contributed by atoms with Gasteiger partial charge in [0.25, 0.3) is 5.69 Å². The van der Waals surface area contributed by atoms with Crippen LogP contribution in [0.1, 0.15) is 5.56 Å². The molecule has 0 aliphatic carbocycles. The van der Waals surface area contributed by atoms with Crippen LogP contribution < -0.4 is 5.32 Å². The lowest BCUT2D eigenvalue weighted by Gasteiger charge is -2.06. The Bertz CT molecular complexity index is 426. The number of ether oxygens (including phenoxy) is 1. The summed E-state index contributed by atoms with van der Waals surface area (Å²) in [6, 6.07) is 6.03. The maximum atomic E-state index is 10.5. The van der Waals surface area contributed by atoms with Gasteiger partial charge in [-0.3, -0.25) is 10.1 Å². The monoisotopic (exact) mass is 221 g/mol. The first-order chi connectivity index (χ1) is 7.69. The van der Waals surface area contributed by atoms with Crippen LogP contribution in [0.5, 0.6) is 0 Å². The van der Waals surface area contributed by atoms with Crippen molar-refractivity contribution in [2.24, 2.45) is 0 Å². The molecule has 0 aromatic heterocycles. The molecule has 0 spiro atoms. The molecule has 84 valence electrons. The third-order valence-corrected chi connectivity index (χ3v) is 1.96. The van der Waals surface area contributed by atoms with Crippen LogP contribution in [0.4, 0.5) is 11.4 Å². The van der Waals surface area contributed by atoms with Crippen molar-refractivity contribution in [1.82, 2.24) is 0 Å². The van der Waals surface area contributed by atoms with Crippen molar-refractivity contribution in [2.75, 3.05) is 25.6 Å². The van der Waals surface area contributed by atoms with Gasteiger partial charge in [-0.05, 0) is 6.07 Å². The van der Waals surface area contributed by atoms with Crippen molar-refractivity contribution in [2.45, 2.75) is 0 Å². The third-order valence-electron chi connectivity index (χ3n) is 1.96. The molecule has 0 bridgehead atoms. The quantitative estimate of drug-likeness (QED) is 0.462. The standard InChI is InChI=1S/C10H11N3O3/c1-16-5-4-12-10-3-2-9(13(14)15)6-8(10)7-11/h2-3,6,12H,4-5H2,1H3. The second-order valence-corrected chi connectivity index (χ2v) is 3.02. The molecule has 0 radical (unpaired) electrons. The van der Waals surface area contributed by atoms with Gasteiger partial charge in [0.15, 0.2) is 0 Å². The van der Waals surface area contributed by atoms with E-state index in [1.54, 1.807) is 7.11 Å². The highest BCUT2D eigenvalue weighted by atomic mass is 16.6. The molecule has 0 aliphatic heterocycles. The maximum absolute atomic E-state index is 10.5. The summed E-state index contributed by atoms with van der Waals surface area (Å²) in [4.78, 5) is 9.97. The van der Waals surface area contributed by atoms with E-state index in [-0.39, 0.29) is 11.3 Å². The zero-order valence-corrected chi connectivity index (χ0v) is 8.77. The van der Waals surface area contributed by atoms with E-state index in [2.05, 4.69) is 5.32 Å². The number of nitro groups is 1. The summed E-state index contributed by atoms with van der Waals surface area (Å²) < 4.78 is 4.85. The largest absolute Gasteiger partial charge is 0.383 e. The Hall–Kier alpha value is -2.13. The molecule has 0 unspecified atom stereocenters. The van der Waals surface area contributed by atoms with Crippen molar-refractivity contribution in [3.63, 3.8) is 0 Å². The van der Waals surface area contributed by atoms with Gasteiger partial charge < -0.3 is 10.1 Å². The lowest BCUT2D eigenvalue weighted by molar-refractivity contribution is -0.384. The first-order valence-electron chi connectivity index (χ1n) is 4.60. The van der Waals surface area contributed by atoms with E-state index in [1.165, 1.54) is 18.2 Å². The predicted molar refractivity (Wildman–Crippen MR) is 58.2 cm³/mol. The molecule has 0 saturated carbocycles. The van der Waals surface area contributed by atoms with Gasteiger partial charge in [0, 0.05) is 25.8 Å². The number of nitrogens with one attached hydrogen (secondary N) is 1. The van der Waals surface area contributed by atoms with E-state index in [1.807, 2.05) is 6.07 Å². The number of methoxy groups -OCH3 is 1. The molecule has 16 heavy (non-hydrogen) atoms. The number of nitriles is 1. The number of rotatable bonds is 5. The average Bonchev–Trinajstić information content (AvgIpc) is 2.29. The molecule has 1 N–H and O–H groups in total. The van der Waals surface area contributed by atoms with Gasteiger partial charge in [-0.2, -0.15) is 5.26 Å². The lowest BCUT2D eigenvalue weighted by Crippen LogP contribution is -2.08. The molecule has 6 heteroatoms. The third kappa shape index (κ3) is 2.93. The topological polar surface area (TPSA) is 88.2 Å². The van der Waals surface area contributed by atoms with Gasteiger partial charge in [-0.25, -0.2) is 0 Å². The van der Waals surface area contributed by atoms with Crippen LogP contribution in [0, 0.1) is 21.4 Å². The number of nitrogens with zero attached hydrogens (tertiary/aromatic N) is 2. The second kappa shape index (κ2) is 5.68. The molecular weight excluding hydrogens is 210 g/mol. The highest BCUT2D eigenvalue weighted by Gasteiger charge is 2.09. The van der Waals surface area contributed by atoms with E-state index in [4.69, 9.17) is 10.00 Å². The minimum absolute atomic E-state index is 0.0890. The summed E-state index contributed by atoms with van der Waals surface area (Å²) in [6.07, 6.45) is 0. The minimum atomic E-state index is -0.528. The Kier molecular flexibility index (Phi) is 4.24. The van der Waals surface area contributed by atoms with E-state index in [9.17, 15) is 10.1 Å². The van der Waals surface area contributed by atoms with Gasteiger partial charge in [0.2, 0.25) is 0 Å². The van der Waals surface area contributed by atoms with Crippen LogP contribution in [0.15, 0.2) is 18.2 Å². The predicted octanol–water partition coefficient (Wildman–Crippen LogP) is 1.52. The molecule has 1 rings (SSSR count). The molecule has 0 heterocycles. The van der Waals surface area contributed by atoms with Gasteiger partial charge in [-0.1, -0.05) is 0 Å². The average molecular weight is 221 g/mol. The number of hydrogen-bond donors (Lipinski definition) is 1. The van der Waals surface area contributed by atoms with E-state index in [0.29, 0.717) is 18.8 Å². The summed E-state index contributed by atoms with van der Waals surface area (Å²) in [5, 5.41) is 22.3. The van der Waals surface area contributed by atoms with Crippen LogP contribution in [-0.4, -0.2) is 25.2 Å². The summed E-state index contributed by atoms with van der Waals surface area (Å²) in [6.45, 7) is 1.05.